The normalized spacial score (nSPS) is 10.3. The summed E-state index contributed by atoms with van der Waals surface area (Å²) in [5, 5.41) is 2.97. The molecule has 0 spiro atoms. The highest BCUT2D eigenvalue weighted by molar-refractivity contribution is 14.1. The van der Waals surface area contributed by atoms with Gasteiger partial charge in [-0.05, 0) is 35.0 Å². The molecule has 0 atom stereocenters. The molecule has 1 aromatic carbocycles. The molecule has 1 amide bonds. The lowest BCUT2D eigenvalue weighted by atomic mass is 10.1. The predicted octanol–water partition coefficient (Wildman–Crippen LogP) is 4.10. The van der Waals surface area contributed by atoms with Crippen molar-refractivity contribution >= 4 is 44.4 Å². The molecule has 0 aromatic heterocycles. The number of rotatable bonds is 8. The van der Waals surface area contributed by atoms with Crippen molar-refractivity contribution in [2.45, 2.75) is 32.1 Å². The fraction of sp³-hybridized carbons (Fsp3) is 0.500. The molecule has 0 aliphatic carbocycles. The molecule has 0 unspecified atom stereocenters. The van der Waals surface area contributed by atoms with Crippen LogP contribution in [0.25, 0.3) is 0 Å². The number of benzene rings is 1. The second-order valence-electron chi connectivity index (χ2n) is 4.26. The summed E-state index contributed by atoms with van der Waals surface area (Å²) in [4.78, 5) is 11.7. The monoisotopic (exact) mass is 423 g/mol. The van der Waals surface area contributed by atoms with Crippen molar-refractivity contribution in [2.24, 2.45) is 0 Å². The van der Waals surface area contributed by atoms with E-state index in [1.165, 1.54) is 23.7 Å². The van der Waals surface area contributed by atoms with Crippen LogP contribution in [0.15, 0.2) is 28.7 Å². The van der Waals surface area contributed by atoms with Crippen LogP contribution in [0.3, 0.4) is 0 Å². The highest BCUT2D eigenvalue weighted by atomic mass is 127. The summed E-state index contributed by atoms with van der Waals surface area (Å²) in [6.45, 7) is 0.802. The van der Waals surface area contributed by atoms with Gasteiger partial charge < -0.3 is 5.32 Å². The van der Waals surface area contributed by atoms with Gasteiger partial charge in [0.2, 0.25) is 5.91 Å². The van der Waals surface area contributed by atoms with Crippen molar-refractivity contribution in [1.29, 1.82) is 0 Å². The smallest absolute Gasteiger partial charge is 0.224 e. The van der Waals surface area contributed by atoms with Gasteiger partial charge >= 0.3 is 0 Å². The summed E-state index contributed by atoms with van der Waals surface area (Å²) < 4.78 is 2.27. The summed E-state index contributed by atoms with van der Waals surface area (Å²) in [7, 11) is 0. The standard InChI is InChI=1S/C14H19BrINO/c15-13-7-5-12(6-8-13)11-14(18)17-10-4-2-1-3-9-16/h5-8H,1-4,9-11H2,(H,17,18). The Balaban J connectivity index is 2.12. The van der Waals surface area contributed by atoms with Crippen LogP contribution in [0, 0.1) is 0 Å². The first-order valence-electron chi connectivity index (χ1n) is 6.29. The van der Waals surface area contributed by atoms with Gasteiger partial charge in [0.25, 0.3) is 0 Å². The molecule has 1 rings (SSSR count). The summed E-state index contributed by atoms with van der Waals surface area (Å²) in [6, 6.07) is 7.88. The molecule has 0 saturated heterocycles. The lowest BCUT2D eigenvalue weighted by Crippen LogP contribution is -2.26. The van der Waals surface area contributed by atoms with Gasteiger partial charge in [-0.15, -0.1) is 0 Å². The van der Waals surface area contributed by atoms with Gasteiger partial charge in [-0.3, -0.25) is 4.79 Å². The van der Waals surface area contributed by atoms with E-state index in [4.69, 9.17) is 0 Å². The molecule has 0 radical (unpaired) electrons. The van der Waals surface area contributed by atoms with Crippen molar-refractivity contribution in [1.82, 2.24) is 5.32 Å². The van der Waals surface area contributed by atoms with E-state index >= 15 is 0 Å². The molecular weight excluding hydrogens is 405 g/mol. The first-order valence-corrected chi connectivity index (χ1v) is 8.61. The van der Waals surface area contributed by atoms with Crippen molar-refractivity contribution in [2.75, 3.05) is 11.0 Å². The summed E-state index contributed by atoms with van der Waals surface area (Å²) in [6.07, 6.45) is 5.32. The van der Waals surface area contributed by atoms with Gasteiger partial charge in [-0.1, -0.05) is 63.5 Å². The minimum Gasteiger partial charge on any atom is -0.356 e. The van der Waals surface area contributed by atoms with Gasteiger partial charge in [-0.25, -0.2) is 0 Å². The Morgan fingerprint density at radius 1 is 1.11 bits per heavy atom. The average Bonchev–Trinajstić information content (AvgIpc) is 2.36. The van der Waals surface area contributed by atoms with Gasteiger partial charge in [-0.2, -0.15) is 0 Å². The van der Waals surface area contributed by atoms with E-state index in [0.717, 1.165) is 23.0 Å². The molecule has 2 nitrogen and oxygen atoms in total. The summed E-state index contributed by atoms with van der Waals surface area (Å²) in [5.41, 5.74) is 1.06. The molecule has 0 aliphatic rings. The zero-order chi connectivity index (χ0) is 13.2. The van der Waals surface area contributed by atoms with Gasteiger partial charge in [0.15, 0.2) is 0 Å². The highest BCUT2D eigenvalue weighted by Crippen LogP contribution is 2.10. The van der Waals surface area contributed by atoms with Crippen LogP contribution in [0.5, 0.6) is 0 Å². The van der Waals surface area contributed by atoms with E-state index in [1.54, 1.807) is 0 Å². The number of carbonyl (C=O) groups excluding carboxylic acids is 1. The van der Waals surface area contributed by atoms with E-state index < -0.39 is 0 Å². The third kappa shape index (κ3) is 7.36. The molecule has 1 N–H and O–H groups in total. The van der Waals surface area contributed by atoms with Gasteiger partial charge in [0, 0.05) is 11.0 Å². The molecule has 0 aliphatic heterocycles. The largest absolute Gasteiger partial charge is 0.356 e. The second-order valence-corrected chi connectivity index (χ2v) is 6.25. The van der Waals surface area contributed by atoms with Gasteiger partial charge in [0.1, 0.15) is 0 Å². The third-order valence-electron chi connectivity index (χ3n) is 2.66. The number of nitrogens with one attached hydrogen (secondary N) is 1. The molecule has 4 heteroatoms. The Morgan fingerprint density at radius 3 is 2.44 bits per heavy atom. The Morgan fingerprint density at radius 2 is 1.78 bits per heavy atom. The van der Waals surface area contributed by atoms with E-state index in [1.807, 2.05) is 24.3 Å². The average molecular weight is 424 g/mol. The van der Waals surface area contributed by atoms with Crippen molar-refractivity contribution in [3.63, 3.8) is 0 Å². The van der Waals surface area contributed by atoms with Crippen LogP contribution >= 0.6 is 38.5 Å². The summed E-state index contributed by atoms with van der Waals surface area (Å²) in [5.74, 6) is 0.117. The molecule has 0 heterocycles. The van der Waals surface area contributed by atoms with Crippen molar-refractivity contribution < 1.29 is 4.79 Å². The number of hydrogen-bond donors (Lipinski definition) is 1. The Labute approximate surface area is 131 Å². The number of unbranched alkanes of at least 4 members (excludes halogenated alkanes) is 3. The molecule has 1 aromatic rings. The molecule has 0 bridgehead atoms. The Bertz CT molecular complexity index is 353. The Kier molecular flexibility index (Phi) is 8.67. The van der Waals surface area contributed by atoms with E-state index in [0.29, 0.717) is 6.42 Å². The number of carbonyl (C=O) groups is 1. The fourth-order valence-corrected chi connectivity index (χ4v) is 2.45. The molecular formula is C14H19BrINO. The molecule has 0 fully saturated rings. The summed E-state index contributed by atoms with van der Waals surface area (Å²) >= 11 is 5.78. The second kappa shape index (κ2) is 9.78. The molecule has 100 valence electrons. The maximum Gasteiger partial charge on any atom is 0.224 e. The van der Waals surface area contributed by atoms with Gasteiger partial charge in [0.05, 0.1) is 6.42 Å². The number of halogens is 2. The van der Waals surface area contributed by atoms with Crippen molar-refractivity contribution in [3.05, 3.63) is 34.3 Å². The van der Waals surface area contributed by atoms with Crippen LogP contribution in [0.4, 0.5) is 0 Å². The molecule has 0 saturated carbocycles. The van der Waals surface area contributed by atoms with E-state index in [2.05, 4.69) is 43.8 Å². The van der Waals surface area contributed by atoms with Crippen LogP contribution in [0.2, 0.25) is 0 Å². The Hall–Kier alpha value is -0.100. The van der Waals surface area contributed by atoms with Crippen molar-refractivity contribution in [3.8, 4) is 0 Å². The SMILES string of the molecule is O=C(Cc1ccc(Br)cc1)NCCCCCCI. The molecule has 18 heavy (non-hydrogen) atoms. The maximum absolute atomic E-state index is 11.7. The lowest BCUT2D eigenvalue weighted by molar-refractivity contribution is -0.120. The van der Waals surface area contributed by atoms with Crippen LogP contribution < -0.4 is 5.32 Å². The number of alkyl halides is 1. The van der Waals surface area contributed by atoms with Crippen LogP contribution in [0.1, 0.15) is 31.2 Å². The first kappa shape index (κ1) is 16.0. The predicted molar refractivity (Wildman–Crippen MR) is 88.2 cm³/mol. The number of hydrogen-bond acceptors (Lipinski definition) is 1. The zero-order valence-electron chi connectivity index (χ0n) is 10.4. The minimum absolute atomic E-state index is 0.117. The van der Waals surface area contributed by atoms with Crippen LogP contribution in [-0.2, 0) is 11.2 Å². The van der Waals surface area contributed by atoms with E-state index in [9.17, 15) is 4.79 Å². The van der Waals surface area contributed by atoms with Crippen LogP contribution in [-0.4, -0.2) is 16.9 Å². The zero-order valence-corrected chi connectivity index (χ0v) is 14.2. The highest BCUT2D eigenvalue weighted by Gasteiger charge is 2.02. The lowest BCUT2D eigenvalue weighted by Gasteiger charge is -2.05. The number of amides is 1. The first-order chi connectivity index (χ1) is 8.72. The minimum atomic E-state index is 0.117. The maximum atomic E-state index is 11.7. The fourth-order valence-electron chi connectivity index (χ4n) is 1.65. The van der Waals surface area contributed by atoms with E-state index in [-0.39, 0.29) is 5.91 Å². The third-order valence-corrected chi connectivity index (χ3v) is 3.95. The quantitative estimate of drug-likeness (QED) is 0.380. The topological polar surface area (TPSA) is 29.1 Å².